The van der Waals surface area contributed by atoms with Gasteiger partial charge in [-0.05, 0) is 42.0 Å². The van der Waals surface area contributed by atoms with Crippen LogP contribution >= 0.6 is 51.5 Å². The second kappa shape index (κ2) is 10.3. The number of rotatable bonds is 7. The van der Waals surface area contributed by atoms with E-state index < -0.39 is 18.4 Å². The van der Waals surface area contributed by atoms with E-state index in [4.69, 9.17) is 33.7 Å². The van der Waals surface area contributed by atoms with Gasteiger partial charge in [-0.3, -0.25) is 19.3 Å². The van der Waals surface area contributed by atoms with Crippen LogP contribution in [-0.2, 0) is 14.4 Å². The molecule has 0 aliphatic carbocycles. The molecule has 0 atom stereocenters. The summed E-state index contributed by atoms with van der Waals surface area (Å²) in [7, 11) is 0. The Balaban J connectivity index is 1.57. The molecular formula is C20H14BrClN2O5S2. The number of thioether (sulfide) groups is 1. The molecule has 2 aromatic carbocycles. The number of carboxylic acids is 1. The number of halogens is 2. The lowest BCUT2D eigenvalue weighted by atomic mass is 10.2. The highest BCUT2D eigenvalue weighted by Crippen LogP contribution is 2.32. The molecule has 1 heterocycles. The molecule has 0 radical (unpaired) electrons. The van der Waals surface area contributed by atoms with E-state index in [1.54, 1.807) is 48.5 Å². The molecule has 1 saturated heterocycles. The maximum absolute atomic E-state index is 12.3. The number of amides is 2. The highest BCUT2D eigenvalue weighted by Gasteiger charge is 2.33. The van der Waals surface area contributed by atoms with Crippen molar-refractivity contribution in [2.45, 2.75) is 0 Å². The first-order valence-corrected chi connectivity index (χ1v) is 11.1. The number of aliphatic carboxylic acids is 1. The Hall–Kier alpha value is -2.40. The van der Waals surface area contributed by atoms with Gasteiger partial charge in [0.15, 0.2) is 6.61 Å². The molecule has 31 heavy (non-hydrogen) atoms. The van der Waals surface area contributed by atoms with Crippen LogP contribution in [0.1, 0.15) is 5.56 Å². The lowest BCUT2D eigenvalue weighted by molar-refractivity contribution is -0.140. The van der Waals surface area contributed by atoms with Gasteiger partial charge in [-0.2, -0.15) is 0 Å². The Morgan fingerprint density at radius 3 is 2.61 bits per heavy atom. The molecule has 0 spiro atoms. The van der Waals surface area contributed by atoms with Crippen LogP contribution in [0.25, 0.3) is 6.08 Å². The van der Waals surface area contributed by atoms with Crippen molar-refractivity contribution in [2.75, 3.05) is 18.5 Å². The Labute approximate surface area is 200 Å². The number of hydrogen-bond donors (Lipinski definition) is 2. The monoisotopic (exact) mass is 540 g/mol. The first kappa shape index (κ1) is 23.3. The summed E-state index contributed by atoms with van der Waals surface area (Å²) < 4.78 is 6.48. The van der Waals surface area contributed by atoms with Crippen LogP contribution < -0.4 is 10.1 Å². The van der Waals surface area contributed by atoms with E-state index in [0.717, 1.165) is 21.1 Å². The van der Waals surface area contributed by atoms with Crippen molar-refractivity contribution in [1.82, 2.24) is 4.90 Å². The number of carbonyl (C=O) groups is 3. The highest BCUT2D eigenvalue weighted by molar-refractivity contribution is 9.10. The van der Waals surface area contributed by atoms with E-state index in [1.807, 2.05) is 0 Å². The zero-order valence-electron chi connectivity index (χ0n) is 15.6. The van der Waals surface area contributed by atoms with Gasteiger partial charge in [0.2, 0.25) is 0 Å². The molecule has 0 bridgehead atoms. The van der Waals surface area contributed by atoms with Gasteiger partial charge in [-0.1, -0.05) is 63.6 Å². The second-order valence-electron chi connectivity index (χ2n) is 6.19. The summed E-state index contributed by atoms with van der Waals surface area (Å²) in [6, 6.07) is 11.8. The van der Waals surface area contributed by atoms with Crippen LogP contribution in [0.5, 0.6) is 5.75 Å². The van der Waals surface area contributed by atoms with Crippen molar-refractivity contribution in [3.05, 3.63) is 62.4 Å². The standard InChI is InChI=1S/C20H14BrClN2O5S2/c21-12-3-6-15(14(22)8-12)23-17(25)10-29-13-4-1-11(2-5-13)7-16-19(28)24(9-18(26)27)20(30)31-16/h1-8H,9-10H2,(H,23,25)(H,26,27)/b16-7+. The van der Waals surface area contributed by atoms with Gasteiger partial charge in [0.05, 0.1) is 15.6 Å². The number of benzene rings is 2. The summed E-state index contributed by atoms with van der Waals surface area (Å²) in [5, 5.41) is 12.0. The lowest BCUT2D eigenvalue weighted by Gasteiger charge is -2.10. The Bertz CT molecular complexity index is 1090. The predicted octanol–water partition coefficient (Wildman–Crippen LogP) is 4.41. The summed E-state index contributed by atoms with van der Waals surface area (Å²) in [6.07, 6.45) is 1.62. The molecule has 3 rings (SSSR count). The van der Waals surface area contributed by atoms with Crippen LogP contribution in [-0.4, -0.2) is 45.3 Å². The minimum atomic E-state index is -1.13. The fraction of sp³-hybridized carbons (Fsp3) is 0.100. The largest absolute Gasteiger partial charge is 0.484 e. The number of anilines is 1. The number of thiocarbonyl (C=S) groups is 1. The maximum Gasteiger partial charge on any atom is 0.323 e. The fourth-order valence-corrected chi connectivity index (χ4v) is 4.48. The number of carbonyl (C=O) groups excluding carboxylic acids is 2. The van der Waals surface area contributed by atoms with Crippen LogP contribution in [0.4, 0.5) is 5.69 Å². The van der Waals surface area contributed by atoms with Gasteiger partial charge in [-0.25, -0.2) is 0 Å². The van der Waals surface area contributed by atoms with Crippen LogP contribution in [0.15, 0.2) is 51.8 Å². The van der Waals surface area contributed by atoms with Crippen molar-refractivity contribution in [1.29, 1.82) is 0 Å². The van der Waals surface area contributed by atoms with Crippen molar-refractivity contribution < 1.29 is 24.2 Å². The minimum Gasteiger partial charge on any atom is -0.484 e. The number of ether oxygens (including phenoxy) is 1. The van der Waals surface area contributed by atoms with Crippen LogP contribution in [0.2, 0.25) is 5.02 Å². The van der Waals surface area contributed by atoms with Gasteiger partial charge >= 0.3 is 5.97 Å². The van der Waals surface area contributed by atoms with Crippen molar-refractivity contribution in [2.24, 2.45) is 0 Å². The summed E-state index contributed by atoms with van der Waals surface area (Å²) in [5.41, 5.74) is 1.18. The van der Waals surface area contributed by atoms with Gasteiger partial charge in [-0.15, -0.1) is 0 Å². The third-order valence-corrected chi connectivity index (χ3v) is 6.10. The Morgan fingerprint density at radius 2 is 1.97 bits per heavy atom. The van der Waals surface area contributed by atoms with E-state index in [1.165, 1.54) is 0 Å². The van der Waals surface area contributed by atoms with Crippen LogP contribution in [0.3, 0.4) is 0 Å². The normalized spacial score (nSPS) is 14.8. The summed E-state index contributed by atoms with van der Waals surface area (Å²) in [5.74, 6) is -1.48. The molecule has 2 N–H and O–H groups in total. The van der Waals surface area contributed by atoms with Gasteiger partial charge in [0.1, 0.15) is 16.6 Å². The number of nitrogens with zero attached hydrogens (tertiary/aromatic N) is 1. The molecule has 160 valence electrons. The molecule has 2 amide bonds. The first-order valence-electron chi connectivity index (χ1n) is 8.68. The first-order chi connectivity index (χ1) is 14.7. The molecule has 1 fully saturated rings. The SMILES string of the molecule is O=C(O)CN1C(=O)/C(=C\c2ccc(OCC(=O)Nc3ccc(Br)cc3Cl)cc2)SC1=S. The zero-order chi connectivity index (χ0) is 22.5. The highest BCUT2D eigenvalue weighted by atomic mass is 79.9. The number of nitrogens with one attached hydrogen (secondary N) is 1. The van der Waals surface area contributed by atoms with Crippen molar-refractivity contribution >= 4 is 85.4 Å². The van der Waals surface area contributed by atoms with E-state index in [9.17, 15) is 14.4 Å². The van der Waals surface area contributed by atoms with E-state index in [0.29, 0.717) is 26.9 Å². The molecule has 1 aliphatic rings. The molecule has 0 saturated carbocycles. The van der Waals surface area contributed by atoms with Gasteiger partial charge < -0.3 is 15.2 Å². The zero-order valence-corrected chi connectivity index (χ0v) is 19.6. The second-order valence-corrected chi connectivity index (χ2v) is 9.19. The summed E-state index contributed by atoms with van der Waals surface area (Å²) in [6.45, 7) is -0.679. The third-order valence-electron chi connectivity index (χ3n) is 3.92. The average Bonchev–Trinajstić information content (AvgIpc) is 2.96. The molecule has 11 heteroatoms. The smallest absolute Gasteiger partial charge is 0.323 e. The predicted molar refractivity (Wildman–Crippen MR) is 127 cm³/mol. The van der Waals surface area contributed by atoms with Gasteiger partial charge in [0, 0.05) is 4.47 Å². The third kappa shape index (κ3) is 6.30. The van der Waals surface area contributed by atoms with E-state index in [2.05, 4.69) is 21.2 Å². The van der Waals surface area contributed by atoms with E-state index in [-0.39, 0.29) is 16.8 Å². The Kier molecular flexibility index (Phi) is 7.71. The molecule has 1 aliphatic heterocycles. The quantitative estimate of drug-likeness (QED) is 0.396. The number of hydrogen-bond acceptors (Lipinski definition) is 6. The molecule has 7 nitrogen and oxygen atoms in total. The van der Waals surface area contributed by atoms with Crippen molar-refractivity contribution in [3.8, 4) is 5.75 Å². The topological polar surface area (TPSA) is 95.9 Å². The fourth-order valence-electron chi connectivity index (χ4n) is 2.51. The maximum atomic E-state index is 12.3. The minimum absolute atomic E-state index is 0.204. The average molecular weight is 542 g/mol. The molecule has 2 aromatic rings. The molecule has 0 aromatic heterocycles. The van der Waals surface area contributed by atoms with Crippen LogP contribution in [0, 0.1) is 0 Å². The molecule has 0 unspecified atom stereocenters. The lowest BCUT2D eigenvalue weighted by Crippen LogP contribution is -2.33. The van der Waals surface area contributed by atoms with E-state index >= 15 is 0 Å². The molecular weight excluding hydrogens is 528 g/mol. The Morgan fingerprint density at radius 1 is 1.26 bits per heavy atom. The summed E-state index contributed by atoms with van der Waals surface area (Å²) >= 11 is 15.5. The number of carboxylic acid groups (broad SMARTS) is 1. The summed E-state index contributed by atoms with van der Waals surface area (Å²) in [4.78, 5) is 36.6. The van der Waals surface area contributed by atoms with Gasteiger partial charge in [0.25, 0.3) is 11.8 Å². The van der Waals surface area contributed by atoms with Crippen molar-refractivity contribution in [3.63, 3.8) is 0 Å².